The van der Waals surface area contributed by atoms with Crippen molar-refractivity contribution in [3.8, 4) is 0 Å². The van der Waals surface area contributed by atoms with E-state index in [1.807, 2.05) is 64.0 Å². The van der Waals surface area contributed by atoms with Crippen molar-refractivity contribution < 1.29 is 14.3 Å². The maximum Gasteiger partial charge on any atom is 0.338 e. The van der Waals surface area contributed by atoms with Crippen molar-refractivity contribution in [1.82, 2.24) is 10.6 Å². The van der Waals surface area contributed by atoms with Crippen LogP contribution in [0.3, 0.4) is 0 Å². The molecular weight excluding hydrogens is 306 g/mol. The first-order valence-electron chi connectivity index (χ1n) is 7.87. The van der Waals surface area contributed by atoms with Gasteiger partial charge in [0.25, 0.3) is 0 Å². The molecule has 1 aromatic rings. The van der Waals surface area contributed by atoms with E-state index in [9.17, 15) is 9.59 Å². The van der Waals surface area contributed by atoms with Gasteiger partial charge in [0.1, 0.15) is 5.60 Å². The average molecular weight is 331 g/mol. The van der Waals surface area contributed by atoms with Crippen LogP contribution in [-0.2, 0) is 9.53 Å². The average Bonchev–Trinajstić information content (AvgIpc) is 2.44. The Balaban J connectivity index is 2.39. The van der Waals surface area contributed by atoms with Crippen molar-refractivity contribution in [1.29, 1.82) is 0 Å². The Bertz CT molecular complexity index is 670. The molecule has 0 radical (unpaired) electrons. The van der Waals surface area contributed by atoms with Crippen LogP contribution in [0.5, 0.6) is 0 Å². The Morgan fingerprint density at radius 3 is 2.25 bits per heavy atom. The van der Waals surface area contributed by atoms with E-state index in [4.69, 9.17) is 4.74 Å². The van der Waals surface area contributed by atoms with Crippen molar-refractivity contribution in [2.24, 2.45) is 0 Å². The molecule has 24 heavy (non-hydrogen) atoms. The summed E-state index contributed by atoms with van der Waals surface area (Å²) in [4.78, 5) is 26.5. The summed E-state index contributed by atoms with van der Waals surface area (Å²) in [6.45, 7) is 7.16. The summed E-state index contributed by atoms with van der Waals surface area (Å²) in [6.07, 6.45) is 0. The molecule has 0 saturated carbocycles. The SMILES string of the molecule is CC1=C(C(=O)OC(C)(C)C)[C@H](c2ccc(N(C)C)cc2)NC(=O)N1. The molecule has 1 heterocycles. The van der Waals surface area contributed by atoms with Gasteiger partial charge in [0.2, 0.25) is 0 Å². The second kappa shape index (κ2) is 6.55. The number of esters is 1. The molecule has 0 aromatic heterocycles. The van der Waals surface area contributed by atoms with Crippen molar-refractivity contribution in [3.05, 3.63) is 41.1 Å². The monoisotopic (exact) mass is 331 g/mol. The third-order valence-corrected chi connectivity index (χ3v) is 3.63. The molecule has 0 aliphatic carbocycles. The van der Waals surface area contributed by atoms with Gasteiger partial charge < -0.3 is 20.3 Å². The second-order valence-corrected chi connectivity index (χ2v) is 7.06. The highest BCUT2D eigenvalue weighted by Gasteiger charge is 2.33. The number of rotatable bonds is 3. The van der Waals surface area contributed by atoms with Crippen molar-refractivity contribution >= 4 is 17.7 Å². The number of carbonyl (C=O) groups is 2. The lowest BCUT2D eigenvalue weighted by Crippen LogP contribution is -2.46. The van der Waals surface area contributed by atoms with Gasteiger partial charge in [-0.25, -0.2) is 9.59 Å². The third kappa shape index (κ3) is 4.07. The van der Waals surface area contributed by atoms with E-state index < -0.39 is 17.6 Å². The van der Waals surface area contributed by atoms with Gasteiger partial charge in [-0.15, -0.1) is 0 Å². The highest BCUT2D eigenvalue weighted by atomic mass is 16.6. The van der Waals surface area contributed by atoms with Gasteiger partial charge >= 0.3 is 12.0 Å². The topological polar surface area (TPSA) is 70.7 Å². The molecular formula is C18H25N3O3. The number of ether oxygens (including phenoxy) is 1. The quantitative estimate of drug-likeness (QED) is 0.836. The summed E-state index contributed by atoms with van der Waals surface area (Å²) in [5, 5.41) is 5.45. The van der Waals surface area contributed by atoms with Gasteiger partial charge in [-0.1, -0.05) is 12.1 Å². The van der Waals surface area contributed by atoms with Crippen LogP contribution >= 0.6 is 0 Å². The Morgan fingerprint density at radius 1 is 1.17 bits per heavy atom. The molecule has 1 aromatic carbocycles. The molecule has 2 amide bonds. The molecule has 0 fully saturated rings. The molecule has 0 spiro atoms. The Hall–Kier alpha value is -2.50. The van der Waals surface area contributed by atoms with Crippen LogP contribution in [0, 0.1) is 0 Å². The maximum atomic E-state index is 12.6. The second-order valence-electron chi connectivity index (χ2n) is 7.06. The summed E-state index contributed by atoms with van der Waals surface area (Å²) < 4.78 is 5.50. The van der Waals surface area contributed by atoms with Crippen LogP contribution < -0.4 is 15.5 Å². The number of benzene rings is 1. The molecule has 1 aliphatic heterocycles. The number of allylic oxidation sites excluding steroid dienone is 1. The number of hydrogen-bond acceptors (Lipinski definition) is 4. The molecule has 2 N–H and O–H groups in total. The van der Waals surface area contributed by atoms with Gasteiger partial charge in [-0.05, 0) is 45.4 Å². The first-order valence-corrected chi connectivity index (χ1v) is 7.87. The summed E-state index contributed by atoms with van der Waals surface area (Å²) in [5.41, 5.74) is 2.19. The summed E-state index contributed by atoms with van der Waals surface area (Å²) in [7, 11) is 3.91. The minimum atomic E-state index is -0.606. The van der Waals surface area contributed by atoms with E-state index in [0.717, 1.165) is 11.3 Å². The Kier molecular flexibility index (Phi) is 4.87. The number of carbonyl (C=O) groups excluding carboxylic acids is 2. The molecule has 0 bridgehead atoms. The fourth-order valence-electron chi connectivity index (χ4n) is 2.51. The molecule has 1 atom stereocenters. The number of hydrogen-bond donors (Lipinski definition) is 2. The lowest BCUT2D eigenvalue weighted by Gasteiger charge is -2.30. The van der Waals surface area contributed by atoms with Crippen molar-refractivity contribution in [2.45, 2.75) is 39.3 Å². The summed E-state index contributed by atoms with van der Waals surface area (Å²) >= 11 is 0. The first kappa shape index (κ1) is 17.8. The predicted octanol–water partition coefficient (Wildman–Crippen LogP) is 2.72. The zero-order chi connectivity index (χ0) is 18.1. The lowest BCUT2D eigenvalue weighted by atomic mass is 9.95. The molecule has 6 nitrogen and oxygen atoms in total. The van der Waals surface area contributed by atoms with E-state index in [-0.39, 0.29) is 6.03 Å². The predicted molar refractivity (Wildman–Crippen MR) is 93.7 cm³/mol. The number of nitrogens with one attached hydrogen (secondary N) is 2. The van der Waals surface area contributed by atoms with Crippen LogP contribution in [0.15, 0.2) is 35.5 Å². The smallest absolute Gasteiger partial charge is 0.338 e. The fraction of sp³-hybridized carbons (Fsp3) is 0.444. The van der Waals surface area contributed by atoms with Crippen LogP contribution in [0.1, 0.15) is 39.3 Å². The van der Waals surface area contributed by atoms with Gasteiger partial charge in [0.05, 0.1) is 11.6 Å². The Morgan fingerprint density at radius 2 is 1.75 bits per heavy atom. The van der Waals surface area contributed by atoms with Crippen LogP contribution in [0.4, 0.5) is 10.5 Å². The lowest BCUT2D eigenvalue weighted by molar-refractivity contribution is -0.150. The molecule has 0 saturated heterocycles. The molecule has 1 aliphatic rings. The number of anilines is 1. The minimum Gasteiger partial charge on any atom is -0.456 e. The molecule has 0 unspecified atom stereocenters. The van der Waals surface area contributed by atoms with Crippen molar-refractivity contribution in [3.63, 3.8) is 0 Å². The Labute approximate surface area is 142 Å². The van der Waals surface area contributed by atoms with E-state index >= 15 is 0 Å². The van der Waals surface area contributed by atoms with E-state index in [2.05, 4.69) is 10.6 Å². The largest absolute Gasteiger partial charge is 0.456 e. The van der Waals surface area contributed by atoms with E-state index in [0.29, 0.717) is 11.3 Å². The zero-order valence-corrected chi connectivity index (χ0v) is 15.1. The normalized spacial score (nSPS) is 17.9. The van der Waals surface area contributed by atoms with Gasteiger partial charge in [-0.2, -0.15) is 0 Å². The van der Waals surface area contributed by atoms with E-state index in [1.54, 1.807) is 6.92 Å². The molecule has 6 heteroatoms. The van der Waals surface area contributed by atoms with Gasteiger partial charge in [0.15, 0.2) is 0 Å². The maximum absolute atomic E-state index is 12.6. The van der Waals surface area contributed by atoms with E-state index in [1.165, 1.54) is 0 Å². The molecule has 2 rings (SSSR count). The fourth-order valence-corrected chi connectivity index (χ4v) is 2.51. The highest BCUT2D eigenvalue weighted by molar-refractivity contribution is 5.95. The first-order chi connectivity index (χ1) is 11.1. The number of urea groups is 1. The minimum absolute atomic E-state index is 0.332. The summed E-state index contributed by atoms with van der Waals surface area (Å²) in [5.74, 6) is -0.436. The highest BCUT2D eigenvalue weighted by Crippen LogP contribution is 2.29. The van der Waals surface area contributed by atoms with Crippen molar-refractivity contribution in [2.75, 3.05) is 19.0 Å². The zero-order valence-electron chi connectivity index (χ0n) is 15.1. The number of amides is 2. The third-order valence-electron chi connectivity index (χ3n) is 3.63. The van der Waals surface area contributed by atoms with Gasteiger partial charge in [0, 0.05) is 25.5 Å². The number of nitrogens with zero attached hydrogens (tertiary/aromatic N) is 1. The van der Waals surface area contributed by atoms with Gasteiger partial charge in [-0.3, -0.25) is 0 Å². The van der Waals surface area contributed by atoms with Crippen LogP contribution in [0.25, 0.3) is 0 Å². The standard InChI is InChI=1S/C18H25N3O3/c1-11-14(16(22)24-18(2,3)4)15(20-17(23)19-11)12-7-9-13(10-8-12)21(5)6/h7-10,15H,1-6H3,(H2,19,20,23)/t15-/m0/s1. The van der Waals surface area contributed by atoms with Crippen LogP contribution in [-0.4, -0.2) is 31.7 Å². The summed E-state index contributed by atoms with van der Waals surface area (Å²) in [6, 6.07) is 6.84. The van der Waals surface area contributed by atoms with Crippen LogP contribution in [0.2, 0.25) is 0 Å². The molecule has 130 valence electrons.